The molecule has 4 aromatic carbocycles. The molecule has 0 spiro atoms. The van der Waals surface area contributed by atoms with Crippen LogP contribution in [0.4, 0.5) is 4.39 Å². The molecule has 1 heterocycles. The third-order valence-corrected chi connectivity index (χ3v) is 6.84. The number of hydrogen-bond acceptors (Lipinski definition) is 7. The molecule has 0 aliphatic carbocycles. The van der Waals surface area contributed by atoms with Gasteiger partial charge in [-0.2, -0.15) is 0 Å². The number of carbonyl (C=O) groups is 1. The molecule has 0 aliphatic rings. The summed E-state index contributed by atoms with van der Waals surface area (Å²) in [6.45, 7) is -0.0319. The Morgan fingerprint density at radius 1 is 1.05 bits per heavy atom. The molecule has 0 aliphatic heterocycles. The lowest BCUT2D eigenvalue weighted by Gasteiger charge is -2.13. The van der Waals surface area contributed by atoms with Crippen LogP contribution in [0.1, 0.15) is 11.1 Å². The number of rotatable bonds is 9. The lowest BCUT2D eigenvalue weighted by molar-refractivity contribution is -0.131. The second kappa shape index (κ2) is 11.6. The third-order valence-electron chi connectivity index (χ3n) is 5.75. The molecule has 7 nitrogen and oxygen atoms in total. The van der Waals surface area contributed by atoms with Gasteiger partial charge in [0.1, 0.15) is 28.8 Å². The first-order valence-electron chi connectivity index (χ1n) is 11.6. The zero-order valence-electron chi connectivity index (χ0n) is 20.4. The SMILES string of the molecule is COc1ccc(Cl)cc1-c1nnc(S/C(=C\c2c(OCc3ccccc3F)ccc3ccccc23)C(=O)O)o1. The van der Waals surface area contributed by atoms with E-state index in [1.54, 1.807) is 42.5 Å². The zero-order valence-corrected chi connectivity index (χ0v) is 22.0. The summed E-state index contributed by atoms with van der Waals surface area (Å²) < 4.78 is 31.3. The van der Waals surface area contributed by atoms with E-state index in [1.807, 2.05) is 30.3 Å². The standard InChI is InChI=1S/C29H20ClFN2O5S/c1-36-24-13-11-19(30)14-22(24)27-32-33-29(38-27)39-26(28(34)35)15-21-20-8-4-2-6-17(20)10-12-25(21)37-16-18-7-3-5-9-23(18)31/h2-15H,16H2,1H3,(H,34,35)/b26-15-. The Morgan fingerprint density at radius 2 is 1.82 bits per heavy atom. The fraction of sp³-hybridized carbons (Fsp3) is 0.0690. The monoisotopic (exact) mass is 562 g/mol. The molecular weight excluding hydrogens is 543 g/mol. The number of ether oxygens (including phenoxy) is 2. The van der Waals surface area contributed by atoms with E-state index in [4.69, 9.17) is 25.5 Å². The van der Waals surface area contributed by atoms with Gasteiger partial charge in [-0.05, 0) is 58.9 Å². The first kappa shape index (κ1) is 26.3. The Morgan fingerprint density at radius 3 is 2.62 bits per heavy atom. The largest absolute Gasteiger partial charge is 0.496 e. The Balaban J connectivity index is 1.51. The summed E-state index contributed by atoms with van der Waals surface area (Å²) in [6.07, 6.45) is 1.48. The third kappa shape index (κ3) is 5.89. The van der Waals surface area contributed by atoms with Crippen molar-refractivity contribution < 1.29 is 28.2 Å². The van der Waals surface area contributed by atoms with E-state index in [1.165, 1.54) is 19.3 Å². The highest BCUT2D eigenvalue weighted by atomic mass is 35.5. The summed E-state index contributed by atoms with van der Waals surface area (Å²) in [4.78, 5) is 12.2. The average Bonchev–Trinajstić information content (AvgIpc) is 3.41. The fourth-order valence-corrected chi connectivity index (χ4v) is 4.72. The topological polar surface area (TPSA) is 94.7 Å². The van der Waals surface area contributed by atoms with Crippen molar-refractivity contribution in [1.82, 2.24) is 10.2 Å². The molecule has 0 fully saturated rings. The minimum absolute atomic E-state index is 0.00902. The van der Waals surface area contributed by atoms with Crippen molar-refractivity contribution in [3.8, 4) is 23.0 Å². The number of carboxylic acid groups (broad SMARTS) is 1. The molecule has 10 heteroatoms. The van der Waals surface area contributed by atoms with Crippen molar-refractivity contribution in [2.45, 2.75) is 11.8 Å². The molecule has 5 aromatic rings. The van der Waals surface area contributed by atoms with Crippen LogP contribution in [0.5, 0.6) is 11.5 Å². The van der Waals surface area contributed by atoms with Crippen LogP contribution in [0.25, 0.3) is 28.3 Å². The van der Waals surface area contributed by atoms with Crippen LogP contribution >= 0.6 is 23.4 Å². The molecule has 0 saturated carbocycles. The molecule has 0 atom stereocenters. The van der Waals surface area contributed by atoms with Gasteiger partial charge in [-0.25, -0.2) is 9.18 Å². The van der Waals surface area contributed by atoms with Gasteiger partial charge in [-0.15, -0.1) is 10.2 Å². The van der Waals surface area contributed by atoms with Crippen LogP contribution < -0.4 is 9.47 Å². The van der Waals surface area contributed by atoms with E-state index in [2.05, 4.69) is 10.2 Å². The number of halogens is 2. The van der Waals surface area contributed by atoms with E-state index in [9.17, 15) is 14.3 Å². The van der Waals surface area contributed by atoms with Crippen molar-refractivity contribution >= 4 is 46.2 Å². The molecule has 39 heavy (non-hydrogen) atoms. The lowest BCUT2D eigenvalue weighted by Crippen LogP contribution is -2.01. The molecule has 0 radical (unpaired) electrons. The number of thioether (sulfide) groups is 1. The predicted octanol–water partition coefficient (Wildman–Crippen LogP) is 7.49. The summed E-state index contributed by atoms with van der Waals surface area (Å²) in [5.41, 5.74) is 1.37. The number of aliphatic carboxylic acids is 1. The Kier molecular flexibility index (Phi) is 7.81. The number of aromatic nitrogens is 2. The molecule has 5 rings (SSSR count). The van der Waals surface area contributed by atoms with Gasteiger partial charge in [0.15, 0.2) is 0 Å². The van der Waals surface area contributed by atoms with E-state index in [-0.39, 0.29) is 28.4 Å². The predicted molar refractivity (Wildman–Crippen MR) is 147 cm³/mol. The van der Waals surface area contributed by atoms with Crippen LogP contribution in [0.3, 0.4) is 0 Å². The van der Waals surface area contributed by atoms with Crippen LogP contribution in [-0.4, -0.2) is 28.4 Å². The van der Waals surface area contributed by atoms with Crippen molar-refractivity contribution in [2.24, 2.45) is 0 Å². The Hall–Kier alpha value is -4.34. The summed E-state index contributed by atoms with van der Waals surface area (Å²) in [6, 6.07) is 22.3. The molecule has 0 bridgehead atoms. The Labute approximate surface area is 231 Å². The van der Waals surface area contributed by atoms with E-state index in [0.717, 1.165) is 22.5 Å². The summed E-state index contributed by atoms with van der Waals surface area (Å²) in [7, 11) is 1.50. The summed E-state index contributed by atoms with van der Waals surface area (Å²) in [5, 5.41) is 20.2. The van der Waals surface area contributed by atoms with Crippen LogP contribution in [0.15, 0.2) is 93.4 Å². The van der Waals surface area contributed by atoms with Crippen LogP contribution in [0, 0.1) is 5.82 Å². The second-order valence-electron chi connectivity index (χ2n) is 8.21. The number of fused-ring (bicyclic) bond motifs is 1. The van der Waals surface area contributed by atoms with Gasteiger partial charge in [-0.3, -0.25) is 0 Å². The fourth-order valence-electron chi connectivity index (χ4n) is 3.89. The lowest BCUT2D eigenvalue weighted by atomic mass is 10.0. The minimum atomic E-state index is -1.20. The first-order valence-corrected chi connectivity index (χ1v) is 12.8. The highest BCUT2D eigenvalue weighted by Gasteiger charge is 2.20. The number of carboxylic acids is 1. The van der Waals surface area contributed by atoms with Gasteiger partial charge >= 0.3 is 5.97 Å². The molecule has 1 N–H and O–H groups in total. The molecule has 0 unspecified atom stereocenters. The average molecular weight is 563 g/mol. The van der Waals surface area contributed by atoms with Gasteiger partial charge in [0.2, 0.25) is 0 Å². The van der Waals surface area contributed by atoms with Crippen molar-refractivity contribution in [3.05, 3.63) is 106 Å². The van der Waals surface area contributed by atoms with Gasteiger partial charge in [0.25, 0.3) is 11.1 Å². The number of nitrogens with zero attached hydrogens (tertiary/aromatic N) is 2. The first-order chi connectivity index (χ1) is 18.9. The minimum Gasteiger partial charge on any atom is -0.496 e. The summed E-state index contributed by atoms with van der Waals surface area (Å²) in [5.74, 6) is -0.596. The second-order valence-corrected chi connectivity index (χ2v) is 9.64. The van der Waals surface area contributed by atoms with Gasteiger partial charge in [-0.1, -0.05) is 60.1 Å². The molecular formula is C29H20ClFN2O5S. The molecule has 196 valence electrons. The normalized spacial score (nSPS) is 11.5. The highest BCUT2D eigenvalue weighted by Crippen LogP contribution is 2.37. The zero-order chi connectivity index (χ0) is 27.4. The number of methoxy groups -OCH3 is 1. The maximum Gasteiger partial charge on any atom is 0.342 e. The van der Waals surface area contributed by atoms with E-state index in [0.29, 0.717) is 33.2 Å². The van der Waals surface area contributed by atoms with Gasteiger partial charge in [0, 0.05) is 16.1 Å². The molecule has 0 saturated heterocycles. The maximum absolute atomic E-state index is 14.2. The van der Waals surface area contributed by atoms with E-state index >= 15 is 0 Å². The quantitative estimate of drug-likeness (QED) is 0.146. The summed E-state index contributed by atoms with van der Waals surface area (Å²) >= 11 is 6.90. The number of benzene rings is 4. The van der Waals surface area contributed by atoms with Crippen LogP contribution in [-0.2, 0) is 11.4 Å². The smallest absolute Gasteiger partial charge is 0.342 e. The van der Waals surface area contributed by atoms with Crippen LogP contribution in [0.2, 0.25) is 5.02 Å². The highest BCUT2D eigenvalue weighted by molar-refractivity contribution is 8.03. The van der Waals surface area contributed by atoms with Gasteiger partial charge in [0.05, 0.1) is 12.7 Å². The van der Waals surface area contributed by atoms with Crippen molar-refractivity contribution in [1.29, 1.82) is 0 Å². The number of hydrogen-bond donors (Lipinski definition) is 1. The molecule has 1 aromatic heterocycles. The van der Waals surface area contributed by atoms with E-state index < -0.39 is 5.97 Å². The van der Waals surface area contributed by atoms with Crippen molar-refractivity contribution in [3.63, 3.8) is 0 Å². The Bertz CT molecular complexity index is 1700. The van der Waals surface area contributed by atoms with Gasteiger partial charge < -0.3 is 19.0 Å². The maximum atomic E-state index is 14.2. The molecule has 0 amide bonds. The van der Waals surface area contributed by atoms with Crippen molar-refractivity contribution in [2.75, 3.05) is 7.11 Å².